The maximum absolute atomic E-state index is 13.0. The topological polar surface area (TPSA) is 68.9 Å². The fourth-order valence-electron chi connectivity index (χ4n) is 2.63. The molecule has 0 aliphatic heterocycles. The molecule has 0 fully saturated rings. The highest BCUT2D eigenvalue weighted by atomic mass is 35.5. The standard InChI is InChI=1S/C19H19ClN4O2/c1-13(2)21-17(25)12-23-18(14-8-4-3-5-9-14)22-24(19(23)26)16-11-7-6-10-15(16)20/h3-11,13H,12H2,1-2H3,(H,21,25). The maximum atomic E-state index is 13.0. The second-order valence-electron chi connectivity index (χ2n) is 6.14. The van der Waals surface area contributed by atoms with E-state index in [4.69, 9.17) is 11.6 Å². The van der Waals surface area contributed by atoms with Crippen LogP contribution in [-0.2, 0) is 11.3 Å². The molecule has 0 unspecified atom stereocenters. The molecule has 6 nitrogen and oxygen atoms in total. The van der Waals surface area contributed by atoms with Crippen LogP contribution in [0.3, 0.4) is 0 Å². The molecule has 0 aliphatic rings. The predicted molar refractivity (Wildman–Crippen MR) is 102 cm³/mol. The summed E-state index contributed by atoms with van der Waals surface area (Å²) in [5, 5.41) is 7.65. The number of amides is 1. The molecule has 1 amide bonds. The van der Waals surface area contributed by atoms with Crippen molar-refractivity contribution >= 4 is 17.5 Å². The minimum absolute atomic E-state index is 0.0167. The first-order valence-corrected chi connectivity index (χ1v) is 8.64. The van der Waals surface area contributed by atoms with Gasteiger partial charge in [-0.15, -0.1) is 5.10 Å². The summed E-state index contributed by atoms with van der Waals surface area (Å²) in [5.74, 6) is 0.160. The zero-order valence-electron chi connectivity index (χ0n) is 14.5. The first-order valence-electron chi connectivity index (χ1n) is 8.27. The van der Waals surface area contributed by atoms with Crippen LogP contribution < -0.4 is 11.0 Å². The van der Waals surface area contributed by atoms with Crippen LogP contribution in [0.5, 0.6) is 0 Å². The van der Waals surface area contributed by atoms with Crippen molar-refractivity contribution in [2.75, 3.05) is 0 Å². The van der Waals surface area contributed by atoms with Gasteiger partial charge in [0.2, 0.25) is 5.91 Å². The van der Waals surface area contributed by atoms with Crippen molar-refractivity contribution in [3.8, 4) is 17.1 Å². The van der Waals surface area contributed by atoms with Crippen molar-refractivity contribution in [3.63, 3.8) is 0 Å². The highest BCUT2D eigenvalue weighted by Gasteiger charge is 2.19. The second kappa shape index (κ2) is 7.58. The summed E-state index contributed by atoms with van der Waals surface area (Å²) in [7, 11) is 0. The van der Waals surface area contributed by atoms with Crippen LogP contribution in [0.25, 0.3) is 17.1 Å². The lowest BCUT2D eigenvalue weighted by atomic mass is 10.2. The SMILES string of the molecule is CC(C)NC(=O)Cn1c(-c2ccccc2)nn(-c2ccccc2Cl)c1=O. The smallest absolute Gasteiger partial charge is 0.351 e. The van der Waals surface area contributed by atoms with Crippen molar-refractivity contribution in [3.05, 3.63) is 70.1 Å². The molecule has 0 saturated carbocycles. The number of benzene rings is 2. The molecule has 0 aliphatic carbocycles. The molecule has 0 saturated heterocycles. The number of nitrogens with zero attached hydrogens (tertiary/aromatic N) is 3. The lowest BCUT2D eigenvalue weighted by Crippen LogP contribution is -2.36. The Hall–Kier alpha value is -2.86. The molecule has 1 heterocycles. The normalized spacial score (nSPS) is 10.9. The lowest BCUT2D eigenvalue weighted by Gasteiger charge is -2.09. The van der Waals surface area contributed by atoms with Crippen LogP contribution in [-0.4, -0.2) is 26.3 Å². The van der Waals surface area contributed by atoms with Crippen molar-refractivity contribution in [2.24, 2.45) is 0 Å². The Morgan fingerprint density at radius 2 is 1.77 bits per heavy atom. The number of carbonyl (C=O) groups is 1. The van der Waals surface area contributed by atoms with Crippen LogP contribution >= 0.6 is 11.6 Å². The number of hydrogen-bond acceptors (Lipinski definition) is 3. The van der Waals surface area contributed by atoms with Gasteiger partial charge in [-0.1, -0.05) is 54.1 Å². The Kier molecular flexibility index (Phi) is 5.23. The van der Waals surface area contributed by atoms with Gasteiger partial charge in [-0.3, -0.25) is 9.36 Å². The van der Waals surface area contributed by atoms with Crippen LogP contribution in [0.2, 0.25) is 5.02 Å². The third-order valence-electron chi connectivity index (χ3n) is 3.73. The predicted octanol–water partition coefficient (Wildman–Crippen LogP) is 2.88. The molecule has 3 rings (SSSR count). The van der Waals surface area contributed by atoms with Gasteiger partial charge in [0.15, 0.2) is 5.82 Å². The van der Waals surface area contributed by atoms with Crippen LogP contribution in [0.4, 0.5) is 0 Å². The molecule has 1 aromatic heterocycles. The maximum Gasteiger partial charge on any atom is 0.351 e. The minimum atomic E-state index is -0.421. The number of aromatic nitrogens is 3. The molecule has 1 N–H and O–H groups in total. The third kappa shape index (κ3) is 3.70. The van der Waals surface area contributed by atoms with E-state index in [-0.39, 0.29) is 18.5 Å². The highest BCUT2D eigenvalue weighted by Crippen LogP contribution is 2.20. The highest BCUT2D eigenvalue weighted by molar-refractivity contribution is 6.32. The Morgan fingerprint density at radius 1 is 1.12 bits per heavy atom. The number of nitrogens with one attached hydrogen (secondary N) is 1. The van der Waals surface area contributed by atoms with Gasteiger partial charge in [0.05, 0.1) is 10.7 Å². The van der Waals surface area contributed by atoms with Crippen LogP contribution in [0, 0.1) is 0 Å². The number of carbonyl (C=O) groups excluding carboxylic acids is 1. The minimum Gasteiger partial charge on any atom is -0.352 e. The summed E-state index contributed by atoms with van der Waals surface area (Å²) in [6, 6.07) is 16.2. The van der Waals surface area contributed by atoms with E-state index in [1.165, 1.54) is 9.25 Å². The van der Waals surface area contributed by atoms with Gasteiger partial charge in [-0.2, -0.15) is 4.68 Å². The number of para-hydroxylation sites is 1. The Labute approximate surface area is 156 Å². The van der Waals surface area contributed by atoms with E-state index in [9.17, 15) is 9.59 Å². The van der Waals surface area contributed by atoms with Gasteiger partial charge in [0, 0.05) is 11.6 Å². The van der Waals surface area contributed by atoms with E-state index < -0.39 is 5.69 Å². The van der Waals surface area contributed by atoms with Gasteiger partial charge in [-0.05, 0) is 26.0 Å². The number of rotatable bonds is 5. The summed E-state index contributed by atoms with van der Waals surface area (Å²) in [6.45, 7) is 3.61. The molecule has 7 heteroatoms. The van der Waals surface area contributed by atoms with E-state index >= 15 is 0 Å². The molecule has 0 spiro atoms. The molecule has 3 aromatic rings. The van der Waals surface area contributed by atoms with E-state index in [1.807, 2.05) is 44.2 Å². The van der Waals surface area contributed by atoms with Crippen molar-refractivity contribution < 1.29 is 4.79 Å². The molecule has 2 aromatic carbocycles. The first-order chi connectivity index (χ1) is 12.5. The Balaban J connectivity index is 2.13. The fourth-order valence-corrected chi connectivity index (χ4v) is 2.85. The van der Waals surface area contributed by atoms with E-state index in [2.05, 4.69) is 10.4 Å². The van der Waals surface area contributed by atoms with E-state index in [0.29, 0.717) is 16.5 Å². The van der Waals surface area contributed by atoms with Gasteiger partial charge in [0.25, 0.3) is 0 Å². The largest absolute Gasteiger partial charge is 0.352 e. The number of hydrogen-bond donors (Lipinski definition) is 1. The van der Waals surface area contributed by atoms with Crippen molar-refractivity contribution in [1.29, 1.82) is 0 Å². The summed E-state index contributed by atoms with van der Waals surface area (Å²) in [6.07, 6.45) is 0. The Morgan fingerprint density at radius 3 is 2.42 bits per heavy atom. The van der Waals surface area contributed by atoms with E-state index in [1.54, 1.807) is 24.3 Å². The molecular weight excluding hydrogens is 352 g/mol. The molecule has 26 heavy (non-hydrogen) atoms. The fraction of sp³-hybridized carbons (Fsp3) is 0.211. The molecule has 0 bridgehead atoms. The first kappa shape index (κ1) is 17.9. The average Bonchev–Trinajstić information content (AvgIpc) is 2.92. The van der Waals surface area contributed by atoms with Gasteiger partial charge < -0.3 is 5.32 Å². The molecule has 134 valence electrons. The van der Waals surface area contributed by atoms with Gasteiger partial charge in [-0.25, -0.2) is 4.79 Å². The van der Waals surface area contributed by atoms with Crippen molar-refractivity contribution in [1.82, 2.24) is 19.7 Å². The van der Waals surface area contributed by atoms with Crippen LogP contribution in [0.15, 0.2) is 59.4 Å². The zero-order chi connectivity index (χ0) is 18.7. The third-order valence-corrected chi connectivity index (χ3v) is 4.05. The summed E-state index contributed by atoms with van der Waals surface area (Å²) in [5.41, 5.74) is 0.794. The monoisotopic (exact) mass is 370 g/mol. The summed E-state index contributed by atoms with van der Waals surface area (Å²) in [4.78, 5) is 25.2. The summed E-state index contributed by atoms with van der Waals surface area (Å²) >= 11 is 6.22. The summed E-state index contributed by atoms with van der Waals surface area (Å²) < 4.78 is 2.59. The van der Waals surface area contributed by atoms with E-state index in [0.717, 1.165) is 5.56 Å². The number of halogens is 1. The lowest BCUT2D eigenvalue weighted by molar-refractivity contribution is -0.122. The molecule has 0 atom stereocenters. The second-order valence-corrected chi connectivity index (χ2v) is 6.55. The Bertz CT molecular complexity index is 977. The quantitative estimate of drug-likeness (QED) is 0.750. The molecular formula is C19H19ClN4O2. The molecule has 0 radical (unpaired) electrons. The van der Waals surface area contributed by atoms with Gasteiger partial charge >= 0.3 is 5.69 Å². The average molecular weight is 371 g/mol. The zero-order valence-corrected chi connectivity index (χ0v) is 15.3. The van der Waals surface area contributed by atoms with Gasteiger partial charge in [0.1, 0.15) is 6.54 Å². The van der Waals surface area contributed by atoms with Crippen LogP contribution in [0.1, 0.15) is 13.8 Å². The van der Waals surface area contributed by atoms with Crippen molar-refractivity contribution in [2.45, 2.75) is 26.4 Å².